The molecule has 1 aromatic rings. The second-order valence-electron chi connectivity index (χ2n) is 4.29. The highest BCUT2D eigenvalue weighted by molar-refractivity contribution is 5.81. The van der Waals surface area contributed by atoms with Gasteiger partial charge in [0.15, 0.2) is 0 Å². The summed E-state index contributed by atoms with van der Waals surface area (Å²) in [5.74, 6) is -0.807. The molecule has 0 fully saturated rings. The Hall–Kier alpha value is -2.08. The minimum absolute atomic E-state index is 0.0376. The fourth-order valence-electron chi connectivity index (χ4n) is 1.85. The summed E-state index contributed by atoms with van der Waals surface area (Å²) in [6.07, 6.45) is 1.15. The average molecular weight is 265 g/mol. The van der Waals surface area contributed by atoms with Gasteiger partial charge in [-0.05, 0) is 24.0 Å². The number of primary amides is 2. The molecule has 1 unspecified atom stereocenters. The van der Waals surface area contributed by atoms with Crippen LogP contribution in [-0.2, 0) is 11.4 Å². The number of aliphatic hydroxyl groups excluding tert-OH is 1. The zero-order chi connectivity index (χ0) is 14.3. The van der Waals surface area contributed by atoms with Gasteiger partial charge in [-0.25, -0.2) is 4.79 Å². The molecule has 0 aromatic heterocycles. The predicted molar refractivity (Wildman–Crippen MR) is 71.1 cm³/mol. The van der Waals surface area contributed by atoms with Gasteiger partial charge >= 0.3 is 6.03 Å². The van der Waals surface area contributed by atoms with Crippen LogP contribution >= 0.6 is 0 Å². The number of urea groups is 1. The van der Waals surface area contributed by atoms with Gasteiger partial charge in [0.05, 0.1) is 12.5 Å². The number of benzene rings is 1. The van der Waals surface area contributed by atoms with Gasteiger partial charge in [-0.2, -0.15) is 0 Å². The van der Waals surface area contributed by atoms with Gasteiger partial charge in [0.25, 0.3) is 0 Å². The van der Waals surface area contributed by atoms with Crippen molar-refractivity contribution in [3.8, 4) is 0 Å². The molecular weight excluding hydrogens is 246 g/mol. The normalized spacial score (nSPS) is 11.8. The van der Waals surface area contributed by atoms with Crippen molar-refractivity contribution in [1.29, 1.82) is 0 Å². The molecule has 6 nitrogen and oxygen atoms in total. The van der Waals surface area contributed by atoms with E-state index in [0.717, 1.165) is 11.1 Å². The highest BCUT2D eigenvalue weighted by atomic mass is 16.3. The molecule has 6 heteroatoms. The monoisotopic (exact) mass is 265 g/mol. The summed E-state index contributed by atoms with van der Waals surface area (Å²) in [6.45, 7) is 0.373. The minimum Gasteiger partial charge on any atom is -0.392 e. The zero-order valence-electron chi connectivity index (χ0n) is 10.6. The number of nitrogens with two attached hydrogens (primary N) is 2. The fraction of sp³-hybridized carbons (Fsp3) is 0.385. The highest BCUT2D eigenvalue weighted by Crippen LogP contribution is 2.21. The third kappa shape index (κ3) is 4.97. The molecule has 104 valence electrons. The third-order valence-corrected chi connectivity index (χ3v) is 2.88. The Morgan fingerprint density at radius 1 is 1.21 bits per heavy atom. The maximum atomic E-state index is 11.4. The van der Waals surface area contributed by atoms with E-state index in [4.69, 9.17) is 16.6 Å². The van der Waals surface area contributed by atoms with Gasteiger partial charge in [-0.3, -0.25) is 4.79 Å². The number of amides is 3. The smallest absolute Gasteiger partial charge is 0.312 e. The summed E-state index contributed by atoms with van der Waals surface area (Å²) in [4.78, 5) is 22.0. The Kier molecular flexibility index (Phi) is 5.81. The largest absolute Gasteiger partial charge is 0.392 e. The summed E-state index contributed by atoms with van der Waals surface area (Å²) in [7, 11) is 0. The van der Waals surface area contributed by atoms with Crippen LogP contribution in [-0.4, -0.2) is 23.6 Å². The van der Waals surface area contributed by atoms with Crippen molar-refractivity contribution in [2.75, 3.05) is 6.54 Å². The van der Waals surface area contributed by atoms with E-state index < -0.39 is 17.9 Å². The zero-order valence-corrected chi connectivity index (χ0v) is 10.6. The molecule has 0 aliphatic heterocycles. The van der Waals surface area contributed by atoms with Gasteiger partial charge in [0, 0.05) is 6.54 Å². The van der Waals surface area contributed by atoms with Gasteiger partial charge < -0.3 is 21.9 Å². The molecule has 1 atom stereocenters. The average Bonchev–Trinajstić information content (AvgIpc) is 2.38. The number of hydrogen-bond acceptors (Lipinski definition) is 3. The van der Waals surface area contributed by atoms with Crippen LogP contribution in [0, 0.1) is 0 Å². The minimum atomic E-state index is -0.581. The topological polar surface area (TPSA) is 118 Å². The molecular formula is C13H19N3O3. The Morgan fingerprint density at radius 2 is 1.84 bits per heavy atom. The van der Waals surface area contributed by atoms with E-state index >= 15 is 0 Å². The number of hydrogen-bond donors (Lipinski definition) is 4. The number of carbonyl (C=O) groups is 2. The van der Waals surface area contributed by atoms with E-state index in [-0.39, 0.29) is 6.61 Å². The maximum absolute atomic E-state index is 11.4. The first-order valence-electron chi connectivity index (χ1n) is 6.07. The Balaban J connectivity index is 2.60. The van der Waals surface area contributed by atoms with Crippen LogP contribution in [0.1, 0.15) is 29.9 Å². The number of carbonyl (C=O) groups excluding carboxylic acids is 2. The van der Waals surface area contributed by atoms with Crippen LogP contribution in [0.2, 0.25) is 0 Å². The predicted octanol–water partition coefficient (Wildman–Crippen LogP) is 0.196. The molecule has 0 bridgehead atoms. The number of rotatable bonds is 7. The Bertz CT molecular complexity index is 431. The first kappa shape index (κ1) is 15.0. The second-order valence-corrected chi connectivity index (χ2v) is 4.29. The summed E-state index contributed by atoms with van der Waals surface area (Å²) < 4.78 is 0. The molecule has 6 N–H and O–H groups in total. The van der Waals surface area contributed by atoms with Gasteiger partial charge in [-0.1, -0.05) is 24.3 Å². The van der Waals surface area contributed by atoms with Gasteiger partial charge in [0.1, 0.15) is 0 Å². The lowest BCUT2D eigenvalue weighted by molar-refractivity contribution is -0.119. The molecule has 0 saturated carbocycles. The van der Waals surface area contributed by atoms with Crippen molar-refractivity contribution in [3.05, 3.63) is 35.4 Å². The molecule has 3 amide bonds. The number of aliphatic hydroxyl groups is 1. The van der Waals surface area contributed by atoms with Crippen LogP contribution in [0.3, 0.4) is 0 Å². The lowest BCUT2D eigenvalue weighted by Crippen LogP contribution is -2.30. The van der Waals surface area contributed by atoms with Crippen molar-refractivity contribution in [2.45, 2.75) is 25.4 Å². The van der Waals surface area contributed by atoms with E-state index in [2.05, 4.69) is 5.32 Å². The molecule has 0 saturated heterocycles. The second kappa shape index (κ2) is 7.38. The SMILES string of the molecule is NC(=O)NCCCC(C(N)=O)c1ccc(CO)cc1. The van der Waals surface area contributed by atoms with E-state index in [1.54, 1.807) is 24.3 Å². The van der Waals surface area contributed by atoms with E-state index in [9.17, 15) is 9.59 Å². The van der Waals surface area contributed by atoms with E-state index in [1.807, 2.05) is 0 Å². The molecule has 0 aliphatic carbocycles. The maximum Gasteiger partial charge on any atom is 0.312 e. The Labute approximate surface area is 111 Å². The summed E-state index contributed by atoms with van der Waals surface area (Å²) >= 11 is 0. The van der Waals surface area contributed by atoms with Crippen LogP contribution in [0.4, 0.5) is 4.79 Å². The fourth-order valence-corrected chi connectivity index (χ4v) is 1.85. The van der Waals surface area contributed by atoms with Crippen molar-refractivity contribution in [3.63, 3.8) is 0 Å². The summed E-state index contributed by atoms with van der Waals surface area (Å²) in [6, 6.07) is 6.49. The van der Waals surface area contributed by atoms with Crippen molar-refractivity contribution in [2.24, 2.45) is 11.5 Å². The lowest BCUT2D eigenvalue weighted by Gasteiger charge is -2.14. The van der Waals surface area contributed by atoms with Crippen LogP contribution in [0.15, 0.2) is 24.3 Å². The first-order chi connectivity index (χ1) is 9.04. The molecule has 0 radical (unpaired) electrons. The van der Waals surface area contributed by atoms with Gasteiger partial charge in [-0.15, -0.1) is 0 Å². The molecule has 1 rings (SSSR count). The molecule has 0 spiro atoms. The van der Waals surface area contributed by atoms with Crippen molar-refractivity contribution < 1.29 is 14.7 Å². The molecule has 19 heavy (non-hydrogen) atoms. The van der Waals surface area contributed by atoms with Crippen LogP contribution in [0.25, 0.3) is 0 Å². The van der Waals surface area contributed by atoms with Gasteiger partial charge in [0.2, 0.25) is 5.91 Å². The molecule has 0 heterocycles. The quantitative estimate of drug-likeness (QED) is 0.527. The molecule has 0 aliphatic rings. The molecule has 1 aromatic carbocycles. The highest BCUT2D eigenvalue weighted by Gasteiger charge is 2.17. The first-order valence-corrected chi connectivity index (χ1v) is 6.07. The van der Waals surface area contributed by atoms with Crippen molar-refractivity contribution in [1.82, 2.24) is 5.32 Å². The lowest BCUT2D eigenvalue weighted by atomic mass is 9.93. The number of nitrogens with one attached hydrogen (secondary N) is 1. The van der Waals surface area contributed by atoms with Crippen LogP contribution < -0.4 is 16.8 Å². The summed E-state index contributed by atoms with van der Waals surface area (Å²) in [5, 5.41) is 11.4. The standard InChI is InChI=1S/C13H19N3O3/c14-12(18)11(2-1-7-16-13(15)19)10-5-3-9(8-17)4-6-10/h3-6,11,17H,1-2,7-8H2,(H2,14,18)(H3,15,16,19). The third-order valence-electron chi connectivity index (χ3n) is 2.88. The van der Waals surface area contributed by atoms with E-state index in [1.165, 1.54) is 0 Å². The summed E-state index contributed by atoms with van der Waals surface area (Å²) in [5.41, 5.74) is 11.9. The van der Waals surface area contributed by atoms with Crippen LogP contribution in [0.5, 0.6) is 0 Å². The Morgan fingerprint density at radius 3 is 2.32 bits per heavy atom. The van der Waals surface area contributed by atoms with Crippen molar-refractivity contribution >= 4 is 11.9 Å². The van der Waals surface area contributed by atoms with E-state index in [0.29, 0.717) is 19.4 Å².